The summed E-state index contributed by atoms with van der Waals surface area (Å²) in [6.07, 6.45) is 0. The molecule has 4 aromatic rings. The van der Waals surface area contributed by atoms with E-state index in [1.807, 2.05) is 36.4 Å². The van der Waals surface area contributed by atoms with Gasteiger partial charge in [0.15, 0.2) is 0 Å². The van der Waals surface area contributed by atoms with E-state index < -0.39 is 23.9 Å². The Hall–Kier alpha value is -6.36. The van der Waals surface area contributed by atoms with Crippen molar-refractivity contribution in [2.24, 2.45) is 0 Å². The molecule has 8 bridgehead atoms. The van der Waals surface area contributed by atoms with Crippen molar-refractivity contribution >= 4 is 23.9 Å². The van der Waals surface area contributed by atoms with Gasteiger partial charge >= 0.3 is 23.9 Å². The maximum Gasteiger partial charge on any atom is 0.338 e. The second-order valence-corrected chi connectivity index (χ2v) is 14.9. The van der Waals surface area contributed by atoms with Crippen molar-refractivity contribution in [2.75, 3.05) is 159 Å². The van der Waals surface area contributed by atoms with E-state index in [0.717, 1.165) is 0 Å². The monoisotopic (exact) mass is 1010 g/mol. The fourth-order valence-electron chi connectivity index (χ4n) is 6.06. The van der Waals surface area contributed by atoms with Gasteiger partial charge in [-0.2, -0.15) is 0 Å². The van der Waals surface area contributed by atoms with Crippen molar-refractivity contribution in [3.63, 3.8) is 0 Å². The van der Waals surface area contributed by atoms with Crippen LogP contribution in [0.15, 0.2) is 97.1 Å². The molecule has 20 nitrogen and oxygen atoms in total. The van der Waals surface area contributed by atoms with Gasteiger partial charge in [0.25, 0.3) is 0 Å². The van der Waals surface area contributed by atoms with Gasteiger partial charge in [-0.25, -0.2) is 19.2 Å². The average molecular weight is 1010 g/mol. The molecule has 4 aliphatic rings. The van der Waals surface area contributed by atoms with E-state index in [1.165, 1.54) is 48.5 Å². The van der Waals surface area contributed by atoms with Gasteiger partial charge in [0.1, 0.15) is 75.9 Å². The SMILES string of the molecule is O=C1OCCOCCOCCOc2cccc(c2)OCCOCCOCCOC(=O)c2ccc(cc2)C(=O)OCCOCCOCCOc2cccc(c2)OCCOCCOCCOC(=O)c2ccc1cc2. The number of hydrogen-bond donors (Lipinski definition) is 0. The molecule has 0 aromatic heterocycles. The van der Waals surface area contributed by atoms with Crippen LogP contribution >= 0.6 is 0 Å². The van der Waals surface area contributed by atoms with E-state index in [1.54, 1.807) is 12.1 Å². The van der Waals surface area contributed by atoms with Crippen LogP contribution in [0.5, 0.6) is 23.0 Å². The minimum atomic E-state index is -0.547. The van der Waals surface area contributed by atoms with E-state index in [2.05, 4.69) is 0 Å². The number of ether oxygens (including phenoxy) is 16. The summed E-state index contributed by atoms with van der Waals surface area (Å²) >= 11 is 0. The highest BCUT2D eigenvalue weighted by Crippen LogP contribution is 2.20. The number of esters is 4. The second kappa shape index (κ2) is 35.7. The fourth-order valence-corrected chi connectivity index (χ4v) is 6.06. The molecule has 4 heterocycles. The number of hydrogen-bond acceptors (Lipinski definition) is 20. The van der Waals surface area contributed by atoms with E-state index in [-0.39, 0.29) is 75.1 Å². The van der Waals surface area contributed by atoms with Gasteiger partial charge in [-0.05, 0) is 72.8 Å². The number of carbonyl (C=O) groups excluding carboxylic acids is 4. The zero-order valence-corrected chi connectivity index (χ0v) is 40.4. The van der Waals surface area contributed by atoms with Crippen molar-refractivity contribution < 1.29 is 95.0 Å². The van der Waals surface area contributed by atoms with Crippen molar-refractivity contribution in [1.82, 2.24) is 0 Å². The molecule has 20 heteroatoms. The predicted octanol–water partition coefficient (Wildman–Crippen LogP) is 5.08. The molecule has 392 valence electrons. The molecule has 8 rings (SSSR count). The Labute approximate surface area is 418 Å². The minimum Gasteiger partial charge on any atom is -0.491 e. The smallest absolute Gasteiger partial charge is 0.338 e. The van der Waals surface area contributed by atoms with Gasteiger partial charge in [0, 0.05) is 12.1 Å². The zero-order valence-electron chi connectivity index (χ0n) is 40.4. The third-order valence-corrected chi connectivity index (χ3v) is 9.64. The van der Waals surface area contributed by atoms with Crippen LogP contribution in [0.25, 0.3) is 0 Å². The zero-order chi connectivity index (χ0) is 50.5. The molecule has 0 spiro atoms. The molecule has 72 heavy (non-hydrogen) atoms. The van der Waals surface area contributed by atoms with Crippen LogP contribution < -0.4 is 18.9 Å². The summed E-state index contributed by atoms with van der Waals surface area (Å²) in [6.45, 7) is 6.01. The van der Waals surface area contributed by atoms with E-state index >= 15 is 0 Å². The van der Waals surface area contributed by atoms with Gasteiger partial charge in [-0.3, -0.25) is 0 Å². The van der Waals surface area contributed by atoms with Crippen LogP contribution in [0, 0.1) is 0 Å². The first-order valence-corrected chi connectivity index (χ1v) is 23.7. The number of rotatable bonds is 0. The Morgan fingerprint density at radius 1 is 0.208 bits per heavy atom. The highest BCUT2D eigenvalue weighted by Gasteiger charge is 2.13. The summed E-state index contributed by atoms with van der Waals surface area (Å²) in [7, 11) is 0. The Morgan fingerprint density at radius 2 is 0.375 bits per heavy atom. The molecule has 0 aliphatic carbocycles. The Bertz CT molecular complexity index is 1840. The molecule has 0 fully saturated rings. The number of benzene rings is 4. The normalized spacial score (nSPS) is 18.3. The molecule has 0 saturated heterocycles. The Balaban J connectivity index is 0.968. The molecular formula is C52H64O20. The summed E-state index contributed by atoms with van der Waals surface area (Å²) in [5, 5.41) is 0. The maximum absolute atomic E-state index is 12.5. The summed E-state index contributed by atoms with van der Waals surface area (Å²) < 4.78 is 88.4. The second-order valence-electron chi connectivity index (χ2n) is 14.9. The summed E-state index contributed by atoms with van der Waals surface area (Å²) in [5.41, 5.74) is 1.13. The van der Waals surface area contributed by atoms with Crippen molar-refractivity contribution in [2.45, 2.75) is 0 Å². The molecule has 0 atom stereocenters. The molecule has 0 N–H and O–H groups in total. The van der Waals surface area contributed by atoms with Gasteiger partial charge in [-0.1, -0.05) is 12.1 Å². The summed E-state index contributed by atoms with van der Waals surface area (Å²) in [4.78, 5) is 49.8. The van der Waals surface area contributed by atoms with Crippen LogP contribution in [0.2, 0.25) is 0 Å². The maximum atomic E-state index is 12.5. The van der Waals surface area contributed by atoms with E-state index in [0.29, 0.717) is 129 Å². The lowest BCUT2D eigenvalue weighted by Crippen LogP contribution is -2.15. The first-order valence-electron chi connectivity index (χ1n) is 23.7. The molecule has 0 unspecified atom stereocenters. The lowest BCUT2D eigenvalue weighted by atomic mass is 10.1. The minimum absolute atomic E-state index is 0.0447. The molecule has 0 radical (unpaired) electrons. The van der Waals surface area contributed by atoms with Crippen LogP contribution in [-0.4, -0.2) is 182 Å². The standard InChI is InChI=1S/C52H64O20/c53-49-41-7-11-43(12-8-41)51(55)71-37-29-63-21-17-59-25-33-67-47-5-2-6-48(40-47)68-34-26-60-18-22-64-30-38-72-52(56)44-13-9-42(10-14-44)50(54)70-36-28-62-20-16-58-24-32-66-46-4-1-3-45(39-46)65-31-23-57-15-19-61-27-35-69-49/h1-14,39-40H,15-38H2. The molecular weight excluding hydrogens is 945 g/mol. The van der Waals surface area contributed by atoms with Crippen molar-refractivity contribution in [3.05, 3.63) is 119 Å². The van der Waals surface area contributed by atoms with Gasteiger partial charge in [0.2, 0.25) is 0 Å². The highest BCUT2D eigenvalue weighted by atomic mass is 16.6. The van der Waals surface area contributed by atoms with E-state index in [9.17, 15) is 19.2 Å². The third-order valence-electron chi connectivity index (χ3n) is 9.64. The Kier molecular flexibility index (Phi) is 28.0. The highest BCUT2D eigenvalue weighted by molar-refractivity contribution is 5.94. The van der Waals surface area contributed by atoms with Crippen molar-refractivity contribution in [3.8, 4) is 23.0 Å². The lowest BCUT2D eigenvalue weighted by molar-refractivity contribution is 0.00981. The van der Waals surface area contributed by atoms with Crippen LogP contribution in [0.1, 0.15) is 41.4 Å². The molecule has 4 aromatic carbocycles. The predicted molar refractivity (Wildman–Crippen MR) is 255 cm³/mol. The van der Waals surface area contributed by atoms with Crippen LogP contribution in [-0.2, 0) is 56.8 Å². The molecule has 0 amide bonds. The van der Waals surface area contributed by atoms with Gasteiger partial charge in [-0.15, -0.1) is 0 Å². The first-order chi connectivity index (χ1) is 35.4. The topological polar surface area (TPSA) is 216 Å². The Morgan fingerprint density at radius 3 is 0.569 bits per heavy atom. The first kappa shape index (κ1) is 56.6. The molecule has 0 saturated carbocycles. The van der Waals surface area contributed by atoms with Gasteiger partial charge < -0.3 is 75.8 Å². The summed E-state index contributed by atoms with van der Waals surface area (Å²) in [6, 6.07) is 26.4. The summed E-state index contributed by atoms with van der Waals surface area (Å²) in [5.74, 6) is 0.302. The van der Waals surface area contributed by atoms with Crippen LogP contribution in [0.4, 0.5) is 0 Å². The van der Waals surface area contributed by atoms with Crippen molar-refractivity contribution in [1.29, 1.82) is 0 Å². The lowest BCUT2D eigenvalue weighted by Gasteiger charge is -2.11. The quantitative estimate of drug-likeness (QED) is 0.166. The largest absolute Gasteiger partial charge is 0.491 e. The molecule has 4 aliphatic heterocycles. The third kappa shape index (κ3) is 24.2. The van der Waals surface area contributed by atoms with Crippen LogP contribution in [0.3, 0.4) is 0 Å². The number of carbonyl (C=O) groups is 4. The van der Waals surface area contributed by atoms with E-state index in [4.69, 9.17) is 75.8 Å². The van der Waals surface area contributed by atoms with Gasteiger partial charge in [0.05, 0.1) is 128 Å². The average Bonchev–Trinajstić information content (AvgIpc) is 3.40. The fraction of sp³-hybridized carbons (Fsp3) is 0.462.